The molecular weight excluding hydrogens is 397 g/mol. The SMILES string of the molecule is CCN1C(=O)/C(=C\c2cn(Cc3c(F)cccc3Cl)c3ccccc23)NC1=S. The molecule has 0 aliphatic carbocycles. The number of fused-ring (bicyclic) bond motifs is 1. The number of likely N-dealkylation sites (N-methyl/N-ethyl adjacent to an activating group) is 1. The number of thiocarbonyl (C=S) groups is 1. The fourth-order valence-electron chi connectivity index (χ4n) is 3.39. The number of carbonyl (C=O) groups excluding carboxylic acids is 1. The third-order valence-electron chi connectivity index (χ3n) is 4.79. The van der Waals surface area contributed by atoms with Gasteiger partial charge in [-0.15, -0.1) is 0 Å². The summed E-state index contributed by atoms with van der Waals surface area (Å²) in [5, 5.41) is 4.72. The maximum absolute atomic E-state index is 14.3. The Morgan fingerprint density at radius 2 is 2.00 bits per heavy atom. The monoisotopic (exact) mass is 413 g/mol. The Hall–Kier alpha value is -2.70. The van der Waals surface area contributed by atoms with Crippen LogP contribution >= 0.6 is 23.8 Å². The summed E-state index contributed by atoms with van der Waals surface area (Å²) in [7, 11) is 0. The number of aromatic nitrogens is 1. The molecule has 0 radical (unpaired) electrons. The lowest BCUT2D eigenvalue weighted by Crippen LogP contribution is -2.30. The van der Waals surface area contributed by atoms with Gasteiger partial charge in [-0.25, -0.2) is 4.39 Å². The number of rotatable bonds is 4. The van der Waals surface area contributed by atoms with E-state index in [1.165, 1.54) is 11.0 Å². The second kappa shape index (κ2) is 7.37. The van der Waals surface area contributed by atoms with Crippen molar-refractivity contribution in [1.82, 2.24) is 14.8 Å². The van der Waals surface area contributed by atoms with Gasteiger partial charge in [0.25, 0.3) is 5.91 Å². The van der Waals surface area contributed by atoms with Crippen LogP contribution in [0.4, 0.5) is 4.39 Å². The molecule has 0 spiro atoms. The number of hydrogen-bond donors (Lipinski definition) is 1. The van der Waals surface area contributed by atoms with E-state index in [4.69, 9.17) is 23.8 Å². The lowest BCUT2D eigenvalue weighted by atomic mass is 10.1. The van der Waals surface area contributed by atoms with Crippen molar-refractivity contribution in [2.45, 2.75) is 13.5 Å². The number of carbonyl (C=O) groups is 1. The molecular formula is C21H17ClFN3OS. The van der Waals surface area contributed by atoms with Gasteiger partial charge in [-0.2, -0.15) is 0 Å². The summed E-state index contributed by atoms with van der Waals surface area (Å²) in [6, 6.07) is 12.4. The third kappa shape index (κ3) is 3.19. The topological polar surface area (TPSA) is 37.3 Å². The van der Waals surface area contributed by atoms with Gasteiger partial charge in [0, 0.05) is 39.8 Å². The highest BCUT2D eigenvalue weighted by Gasteiger charge is 2.29. The second-order valence-corrected chi connectivity index (χ2v) is 7.26. The summed E-state index contributed by atoms with van der Waals surface area (Å²) < 4.78 is 16.2. The van der Waals surface area contributed by atoms with Crippen molar-refractivity contribution >= 4 is 51.8 Å². The minimum atomic E-state index is -0.346. The second-order valence-electron chi connectivity index (χ2n) is 6.47. The van der Waals surface area contributed by atoms with Crippen molar-refractivity contribution in [3.05, 3.63) is 76.3 Å². The molecule has 1 aromatic heterocycles. The zero-order chi connectivity index (χ0) is 19.8. The summed E-state index contributed by atoms with van der Waals surface area (Å²) in [5.41, 5.74) is 2.63. The molecule has 1 amide bonds. The normalized spacial score (nSPS) is 15.7. The van der Waals surface area contributed by atoms with E-state index in [9.17, 15) is 9.18 Å². The summed E-state index contributed by atoms with van der Waals surface area (Å²) >= 11 is 11.4. The van der Waals surface area contributed by atoms with Crippen LogP contribution in [0.5, 0.6) is 0 Å². The Labute approximate surface area is 172 Å². The molecule has 142 valence electrons. The van der Waals surface area contributed by atoms with Crippen LogP contribution in [0.15, 0.2) is 54.4 Å². The first kappa shape index (κ1) is 18.7. The molecule has 7 heteroatoms. The molecule has 1 N–H and O–H groups in total. The number of nitrogens with one attached hydrogen (secondary N) is 1. The van der Waals surface area contributed by atoms with Crippen LogP contribution in [0, 0.1) is 5.82 Å². The summed E-state index contributed by atoms with van der Waals surface area (Å²) in [4.78, 5) is 14.0. The Kier molecular flexibility index (Phi) is 4.91. The molecule has 1 aliphatic heterocycles. The van der Waals surface area contributed by atoms with E-state index in [0.29, 0.717) is 27.9 Å². The number of nitrogens with zero attached hydrogens (tertiary/aromatic N) is 2. The molecule has 1 fully saturated rings. The van der Waals surface area contributed by atoms with Crippen molar-refractivity contribution in [2.75, 3.05) is 6.54 Å². The molecule has 0 atom stereocenters. The number of para-hydroxylation sites is 1. The van der Waals surface area contributed by atoms with Gasteiger partial charge in [-0.1, -0.05) is 35.9 Å². The highest BCUT2D eigenvalue weighted by Crippen LogP contribution is 2.27. The van der Waals surface area contributed by atoms with Crippen LogP contribution in [0.25, 0.3) is 17.0 Å². The van der Waals surface area contributed by atoms with Crippen LogP contribution in [0.2, 0.25) is 5.02 Å². The number of halogens is 2. The van der Waals surface area contributed by atoms with Gasteiger partial charge in [-0.05, 0) is 43.4 Å². The van der Waals surface area contributed by atoms with Crippen LogP contribution < -0.4 is 5.32 Å². The number of amides is 1. The first-order chi connectivity index (χ1) is 13.5. The standard InChI is InChI=1S/C21H17ClFN3OS/c1-2-26-20(27)18(24-21(26)28)10-13-11-25(19-9-4-3-6-14(13)19)12-15-16(22)7-5-8-17(15)23/h3-11H,2,12H2,1H3,(H,24,28)/b18-10+. The van der Waals surface area contributed by atoms with Crippen molar-refractivity contribution in [3.8, 4) is 0 Å². The van der Waals surface area contributed by atoms with Gasteiger partial charge >= 0.3 is 0 Å². The average molecular weight is 414 g/mol. The molecule has 1 aliphatic rings. The predicted octanol–water partition coefficient (Wildman–Crippen LogP) is 4.56. The third-order valence-corrected chi connectivity index (χ3v) is 5.46. The van der Waals surface area contributed by atoms with Gasteiger partial charge in [0.1, 0.15) is 11.5 Å². The molecule has 3 aromatic rings. The number of benzene rings is 2. The van der Waals surface area contributed by atoms with E-state index in [2.05, 4.69) is 5.32 Å². The average Bonchev–Trinajstić information content (AvgIpc) is 3.15. The summed E-state index contributed by atoms with van der Waals surface area (Å²) in [5.74, 6) is -0.497. The maximum atomic E-state index is 14.3. The van der Waals surface area contributed by atoms with Gasteiger partial charge in [0.05, 0.1) is 6.54 Å². The molecule has 2 aromatic carbocycles. The van der Waals surface area contributed by atoms with E-state index < -0.39 is 0 Å². The van der Waals surface area contributed by atoms with Crippen molar-refractivity contribution in [3.63, 3.8) is 0 Å². The fraction of sp³-hybridized carbons (Fsp3) is 0.143. The van der Waals surface area contributed by atoms with E-state index in [-0.39, 0.29) is 18.3 Å². The van der Waals surface area contributed by atoms with Crippen LogP contribution in [-0.4, -0.2) is 27.0 Å². The van der Waals surface area contributed by atoms with Crippen LogP contribution in [0.3, 0.4) is 0 Å². The maximum Gasteiger partial charge on any atom is 0.276 e. The lowest BCUT2D eigenvalue weighted by molar-refractivity contribution is -0.122. The van der Waals surface area contributed by atoms with Gasteiger partial charge in [0.15, 0.2) is 5.11 Å². The Morgan fingerprint density at radius 1 is 1.21 bits per heavy atom. The Bertz CT molecular complexity index is 1120. The smallest absolute Gasteiger partial charge is 0.276 e. The minimum absolute atomic E-state index is 0.151. The quantitative estimate of drug-likeness (QED) is 0.503. The highest BCUT2D eigenvalue weighted by atomic mass is 35.5. The Morgan fingerprint density at radius 3 is 2.71 bits per heavy atom. The largest absolute Gasteiger partial charge is 0.342 e. The van der Waals surface area contributed by atoms with E-state index in [0.717, 1.165) is 16.5 Å². The van der Waals surface area contributed by atoms with Crippen molar-refractivity contribution < 1.29 is 9.18 Å². The lowest BCUT2D eigenvalue weighted by Gasteiger charge is -2.08. The first-order valence-electron chi connectivity index (χ1n) is 8.85. The molecule has 0 saturated carbocycles. The molecule has 4 nitrogen and oxygen atoms in total. The molecule has 4 rings (SSSR count). The van der Waals surface area contributed by atoms with Crippen LogP contribution in [-0.2, 0) is 11.3 Å². The first-order valence-corrected chi connectivity index (χ1v) is 9.63. The fourth-order valence-corrected chi connectivity index (χ4v) is 3.93. The van der Waals surface area contributed by atoms with Crippen molar-refractivity contribution in [2.24, 2.45) is 0 Å². The highest BCUT2D eigenvalue weighted by molar-refractivity contribution is 7.80. The van der Waals surface area contributed by atoms with Gasteiger partial charge in [0.2, 0.25) is 0 Å². The summed E-state index contributed by atoms with van der Waals surface area (Å²) in [6.45, 7) is 2.67. The minimum Gasteiger partial charge on any atom is -0.342 e. The zero-order valence-corrected chi connectivity index (χ0v) is 16.6. The Balaban J connectivity index is 1.79. The van der Waals surface area contributed by atoms with Crippen molar-refractivity contribution in [1.29, 1.82) is 0 Å². The molecule has 2 heterocycles. The van der Waals surface area contributed by atoms with Crippen LogP contribution in [0.1, 0.15) is 18.1 Å². The predicted molar refractivity (Wildman–Crippen MR) is 114 cm³/mol. The zero-order valence-electron chi connectivity index (χ0n) is 15.1. The van der Waals surface area contributed by atoms with Gasteiger partial charge in [-0.3, -0.25) is 9.69 Å². The summed E-state index contributed by atoms with van der Waals surface area (Å²) in [6.07, 6.45) is 3.68. The van der Waals surface area contributed by atoms with Gasteiger partial charge < -0.3 is 9.88 Å². The molecule has 28 heavy (non-hydrogen) atoms. The molecule has 1 saturated heterocycles. The van der Waals surface area contributed by atoms with E-state index in [1.54, 1.807) is 18.2 Å². The molecule has 0 bridgehead atoms. The molecule has 0 unspecified atom stereocenters. The number of hydrogen-bond acceptors (Lipinski definition) is 2. The van der Waals surface area contributed by atoms with E-state index in [1.807, 2.05) is 42.0 Å². The van der Waals surface area contributed by atoms with E-state index >= 15 is 0 Å².